The quantitative estimate of drug-likeness (QED) is 0.726. The average molecular weight is 268 g/mol. The highest BCUT2D eigenvalue weighted by Gasteiger charge is 2.61. The fourth-order valence-corrected chi connectivity index (χ4v) is 4.24. The van der Waals surface area contributed by atoms with Crippen LogP contribution in [0, 0.1) is 17.8 Å². The molecule has 4 rings (SSSR count). The second kappa shape index (κ2) is 3.33. The Labute approximate surface area is 119 Å². The summed E-state index contributed by atoms with van der Waals surface area (Å²) in [6.07, 6.45) is 2.04. The third-order valence-electron chi connectivity index (χ3n) is 6.05. The number of carbonyl (C=O) groups is 1. The third kappa shape index (κ3) is 1.13. The van der Waals surface area contributed by atoms with Crippen molar-refractivity contribution in [1.29, 1.82) is 0 Å². The smallest absolute Gasteiger partial charge is 0.239 e. The number of benzene rings is 1. The standard InChI is InChI=1S/C17H20N2O/c1-10-5-6-13-12(9-10)18-14-11-7-8-17(4,16(11,2)3)15(20)19(13)14/h5-6,9,11H,7-8H2,1-4H3/t11-,17+/m1/s1. The van der Waals surface area contributed by atoms with Gasteiger partial charge in [-0.15, -0.1) is 0 Å². The summed E-state index contributed by atoms with van der Waals surface area (Å²) in [5.41, 5.74) is 2.86. The molecule has 0 unspecified atom stereocenters. The summed E-state index contributed by atoms with van der Waals surface area (Å²) in [6, 6.07) is 6.19. The van der Waals surface area contributed by atoms with Crippen LogP contribution in [0.25, 0.3) is 11.0 Å². The van der Waals surface area contributed by atoms with Crippen molar-refractivity contribution in [3.8, 4) is 0 Å². The van der Waals surface area contributed by atoms with Crippen molar-refractivity contribution < 1.29 is 4.79 Å². The van der Waals surface area contributed by atoms with Crippen LogP contribution in [0.2, 0.25) is 0 Å². The molecule has 3 heteroatoms. The average Bonchev–Trinajstić information content (AvgIpc) is 2.81. The molecular weight excluding hydrogens is 248 g/mol. The van der Waals surface area contributed by atoms with Crippen molar-refractivity contribution in [2.75, 3.05) is 0 Å². The molecule has 1 fully saturated rings. The Morgan fingerprint density at radius 3 is 2.80 bits per heavy atom. The van der Waals surface area contributed by atoms with Gasteiger partial charge in [0.25, 0.3) is 0 Å². The Bertz CT molecular complexity index is 756. The Morgan fingerprint density at radius 1 is 1.30 bits per heavy atom. The molecule has 2 aromatic rings. The monoisotopic (exact) mass is 268 g/mol. The number of hydrogen-bond acceptors (Lipinski definition) is 2. The molecule has 0 saturated heterocycles. The van der Waals surface area contributed by atoms with E-state index < -0.39 is 0 Å². The van der Waals surface area contributed by atoms with Crippen LogP contribution in [-0.2, 0) is 0 Å². The van der Waals surface area contributed by atoms with E-state index in [1.165, 1.54) is 5.56 Å². The van der Waals surface area contributed by atoms with Gasteiger partial charge in [-0.1, -0.05) is 26.8 Å². The van der Waals surface area contributed by atoms with Crippen molar-refractivity contribution in [3.05, 3.63) is 29.6 Å². The van der Waals surface area contributed by atoms with Crippen molar-refractivity contribution >= 4 is 16.9 Å². The molecule has 1 saturated carbocycles. The topological polar surface area (TPSA) is 34.9 Å². The van der Waals surface area contributed by atoms with Gasteiger partial charge in [-0.25, -0.2) is 4.98 Å². The highest BCUT2D eigenvalue weighted by molar-refractivity contribution is 5.96. The summed E-state index contributed by atoms with van der Waals surface area (Å²) in [7, 11) is 0. The first kappa shape index (κ1) is 12.1. The molecule has 0 radical (unpaired) electrons. The molecule has 1 aliphatic heterocycles. The molecule has 0 amide bonds. The van der Waals surface area contributed by atoms with Crippen LogP contribution in [0.3, 0.4) is 0 Å². The van der Waals surface area contributed by atoms with Gasteiger partial charge in [0.2, 0.25) is 5.91 Å². The van der Waals surface area contributed by atoms with Gasteiger partial charge in [-0.05, 0) is 42.9 Å². The lowest BCUT2D eigenvalue weighted by Crippen LogP contribution is -2.47. The summed E-state index contributed by atoms with van der Waals surface area (Å²) in [6.45, 7) is 8.67. The third-order valence-corrected chi connectivity index (χ3v) is 6.05. The summed E-state index contributed by atoms with van der Waals surface area (Å²) < 4.78 is 1.90. The first-order valence-electron chi connectivity index (χ1n) is 7.40. The van der Waals surface area contributed by atoms with E-state index in [-0.39, 0.29) is 16.7 Å². The summed E-state index contributed by atoms with van der Waals surface area (Å²) in [4.78, 5) is 17.9. The zero-order chi connectivity index (χ0) is 14.3. The van der Waals surface area contributed by atoms with Crippen molar-refractivity contribution in [2.45, 2.75) is 46.5 Å². The SMILES string of the molecule is Cc1ccc2c(c1)nc1n2C(=O)[C@]2(C)CC[C@H]1C2(C)C. The van der Waals surface area contributed by atoms with Gasteiger partial charge in [-0.2, -0.15) is 0 Å². The van der Waals surface area contributed by atoms with Gasteiger partial charge in [-0.3, -0.25) is 9.36 Å². The molecule has 1 aromatic carbocycles. The van der Waals surface area contributed by atoms with Crippen molar-refractivity contribution in [1.82, 2.24) is 9.55 Å². The van der Waals surface area contributed by atoms with E-state index >= 15 is 0 Å². The van der Waals surface area contributed by atoms with Crippen LogP contribution in [0.1, 0.15) is 55.7 Å². The van der Waals surface area contributed by atoms with E-state index in [1.54, 1.807) is 0 Å². The molecule has 20 heavy (non-hydrogen) atoms. The molecular formula is C17H20N2O. The molecule has 2 atom stereocenters. The number of hydrogen-bond donors (Lipinski definition) is 0. The number of carbonyl (C=O) groups excluding carboxylic acids is 1. The van der Waals surface area contributed by atoms with Gasteiger partial charge in [0.1, 0.15) is 5.82 Å². The molecule has 1 aromatic heterocycles. The van der Waals surface area contributed by atoms with Crippen LogP contribution >= 0.6 is 0 Å². The summed E-state index contributed by atoms with van der Waals surface area (Å²) in [5, 5.41) is 0. The predicted octanol–water partition coefficient (Wildman–Crippen LogP) is 3.91. The molecule has 2 bridgehead atoms. The van der Waals surface area contributed by atoms with E-state index in [1.807, 2.05) is 10.6 Å². The lowest BCUT2D eigenvalue weighted by atomic mass is 9.63. The van der Waals surface area contributed by atoms with Crippen molar-refractivity contribution in [2.24, 2.45) is 10.8 Å². The molecule has 1 aliphatic carbocycles. The van der Waals surface area contributed by atoms with Crippen LogP contribution in [0.4, 0.5) is 0 Å². The summed E-state index contributed by atoms with van der Waals surface area (Å²) >= 11 is 0. The Hall–Kier alpha value is -1.64. The maximum absolute atomic E-state index is 13.1. The first-order valence-corrected chi connectivity index (χ1v) is 7.40. The number of imidazole rings is 1. The fourth-order valence-electron chi connectivity index (χ4n) is 4.24. The van der Waals surface area contributed by atoms with Gasteiger partial charge in [0, 0.05) is 5.92 Å². The molecule has 0 N–H and O–H groups in total. The minimum Gasteiger partial charge on any atom is -0.273 e. The minimum absolute atomic E-state index is 0.00347. The Morgan fingerprint density at radius 2 is 2.05 bits per heavy atom. The number of aryl methyl sites for hydroxylation is 1. The fraction of sp³-hybridized carbons (Fsp3) is 0.529. The summed E-state index contributed by atoms with van der Waals surface area (Å²) in [5.74, 6) is 1.60. The van der Waals surface area contributed by atoms with Crippen LogP contribution in [0.5, 0.6) is 0 Å². The van der Waals surface area contributed by atoms with Gasteiger partial charge in [0.15, 0.2) is 0 Å². The number of fused-ring (bicyclic) bond motifs is 6. The molecule has 104 valence electrons. The number of rotatable bonds is 0. The number of aromatic nitrogens is 2. The van der Waals surface area contributed by atoms with E-state index in [0.29, 0.717) is 5.92 Å². The second-order valence-electron chi connectivity index (χ2n) is 7.25. The molecule has 2 aliphatic rings. The molecule has 3 nitrogen and oxygen atoms in total. The van der Waals surface area contributed by atoms with Gasteiger partial charge in [0.05, 0.1) is 16.4 Å². The van der Waals surface area contributed by atoms with E-state index in [2.05, 4.69) is 39.8 Å². The first-order chi connectivity index (χ1) is 9.36. The number of nitrogens with zero attached hydrogens (tertiary/aromatic N) is 2. The van der Waals surface area contributed by atoms with Crippen molar-refractivity contribution in [3.63, 3.8) is 0 Å². The lowest BCUT2D eigenvalue weighted by Gasteiger charge is -2.44. The minimum atomic E-state index is -0.261. The Balaban J connectivity index is 2.09. The van der Waals surface area contributed by atoms with Crippen LogP contribution in [-0.4, -0.2) is 15.5 Å². The highest BCUT2D eigenvalue weighted by atomic mass is 16.2. The highest BCUT2D eigenvalue weighted by Crippen LogP contribution is 2.63. The van der Waals surface area contributed by atoms with Gasteiger partial charge >= 0.3 is 0 Å². The maximum Gasteiger partial charge on any atom is 0.239 e. The normalized spacial score (nSPS) is 30.8. The van der Waals surface area contributed by atoms with E-state index in [9.17, 15) is 4.79 Å². The molecule has 2 heterocycles. The predicted molar refractivity (Wildman–Crippen MR) is 79.0 cm³/mol. The lowest BCUT2D eigenvalue weighted by molar-refractivity contribution is 0.0413. The van der Waals surface area contributed by atoms with E-state index in [4.69, 9.17) is 4.98 Å². The van der Waals surface area contributed by atoms with Crippen LogP contribution < -0.4 is 0 Å². The van der Waals surface area contributed by atoms with Gasteiger partial charge < -0.3 is 0 Å². The maximum atomic E-state index is 13.1. The second-order valence-corrected chi connectivity index (χ2v) is 7.25. The van der Waals surface area contributed by atoms with Crippen LogP contribution in [0.15, 0.2) is 18.2 Å². The zero-order valence-electron chi connectivity index (χ0n) is 12.5. The molecule has 0 spiro atoms. The largest absolute Gasteiger partial charge is 0.273 e. The zero-order valence-corrected chi connectivity index (χ0v) is 12.5. The Kier molecular flexibility index (Phi) is 2.02. The van der Waals surface area contributed by atoms with E-state index in [0.717, 1.165) is 29.7 Å².